The molecule has 3 aromatic rings. The lowest BCUT2D eigenvalue weighted by Gasteiger charge is -2.08. The number of carbonyl (C=O) groups is 1. The molecule has 0 radical (unpaired) electrons. The molecule has 7 nitrogen and oxygen atoms in total. The Kier molecular flexibility index (Phi) is 6.06. The SMILES string of the molecule is CCCCCc1nnc(NC(=O)CCn2ncc(=O)c3ccccc32)s1. The van der Waals surface area contributed by atoms with Crippen LogP contribution in [0.5, 0.6) is 0 Å². The first kappa shape index (κ1) is 18.2. The minimum Gasteiger partial charge on any atom is -0.300 e. The molecule has 2 heterocycles. The highest BCUT2D eigenvalue weighted by molar-refractivity contribution is 7.15. The van der Waals surface area contributed by atoms with Crippen LogP contribution in [0.3, 0.4) is 0 Å². The minimum absolute atomic E-state index is 0.120. The summed E-state index contributed by atoms with van der Waals surface area (Å²) in [5.74, 6) is -0.147. The number of anilines is 1. The number of unbranched alkanes of at least 4 members (excludes halogenated alkanes) is 2. The van der Waals surface area contributed by atoms with Crippen LogP contribution in [0.2, 0.25) is 0 Å². The molecule has 0 aliphatic heterocycles. The zero-order chi connectivity index (χ0) is 18.4. The molecule has 0 atom stereocenters. The van der Waals surface area contributed by atoms with E-state index in [1.165, 1.54) is 24.0 Å². The van der Waals surface area contributed by atoms with Crippen molar-refractivity contribution in [1.82, 2.24) is 20.0 Å². The summed E-state index contributed by atoms with van der Waals surface area (Å²) in [6.45, 7) is 2.54. The Morgan fingerprint density at radius 1 is 1.23 bits per heavy atom. The van der Waals surface area contributed by atoms with Crippen LogP contribution in [0.1, 0.15) is 37.6 Å². The summed E-state index contributed by atoms with van der Waals surface area (Å²) in [6.07, 6.45) is 5.84. The molecule has 0 spiro atoms. The number of para-hydroxylation sites is 1. The van der Waals surface area contributed by atoms with Crippen LogP contribution in [0.15, 0.2) is 35.3 Å². The summed E-state index contributed by atoms with van der Waals surface area (Å²) in [6, 6.07) is 7.25. The molecule has 0 aliphatic rings. The number of nitrogens with one attached hydrogen (secondary N) is 1. The third-order valence-electron chi connectivity index (χ3n) is 4.02. The number of nitrogens with zero attached hydrogens (tertiary/aromatic N) is 4. The van der Waals surface area contributed by atoms with Gasteiger partial charge >= 0.3 is 0 Å². The van der Waals surface area contributed by atoms with Gasteiger partial charge in [0.2, 0.25) is 16.5 Å². The third kappa shape index (κ3) is 4.51. The van der Waals surface area contributed by atoms with Crippen molar-refractivity contribution in [1.29, 1.82) is 0 Å². The lowest BCUT2D eigenvalue weighted by atomic mass is 10.2. The average Bonchev–Trinajstić information content (AvgIpc) is 3.09. The first-order chi connectivity index (χ1) is 12.7. The zero-order valence-corrected chi connectivity index (χ0v) is 15.5. The number of benzene rings is 1. The largest absolute Gasteiger partial charge is 0.300 e. The second-order valence-electron chi connectivity index (χ2n) is 6.01. The van der Waals surface area contributed by atoms with Gasteiger partial charge in [0.05, 0.1) is 18.3 Å². The Hall–Kier alpha value is -2.61. The van der Waals surface area contributed by atoms with Gasteiger partial charge in [-0.2, -0.15) is 5.10 Å². The van der Waals surface area contributed by atoms with Crippen molar-refractivity contribution in [2.75, 3.05) is 5.32 Å². The molecule has 0 unspecified atom stereocenters. The van der Waals surface area contributed by atoms with Crippen LogP contribution >= 0.6 is 11.3 Å². The van der Waals surface area contributed by atoms with E-state index in [0.29, 0.717) is 17.1 Å². The van der Waals surface area contributed by atoms with Gasteiger partial charge < -0.3 is 5.32 Å². The predicted octanol–water partition coefficient (Wildman–Crippen LogP) is 3.01. The van der Waals surface area contributed by atoms with Crippen LogP contribution in [0.25, 0.3) is 10.9 Å². The fraction of sp³-hybridized carbons (Fsp3) is 0.389. The van der Waals surface area contributed by atoms with Gasteiger partial charge in [0, 0.05) is 18.2 Å². The summed E-state index contributed by atoms with van der Waals surface area (Å²) in [5.41, 5.74) is 0.604. The molecule has 0 aliphatic carbocycles. The second kappa shape index (κ2) is 8.66. The molecule has 136 valence electrons. The number of hydrogen-bond acceptors (Lipinski definition) is 6. The van der Waals surface area contributed by atoms with Crippen molar-refractivity contribution in [2.45, 2.75) is 45.6 Å². The number of amides is 1. The van der Waals surface area contributed by atoms with Crippen LogP contribution in [0.4, 0.5) is 5.13 Å². The highest BCUT2D eigenvalue weighted by Crippen LogP contribution is 2.18. The van der Waals surface area contributed by atoms with Gasteiger partial charge in [-0.1, -0.05) is 43.2 Å². The number of fused-ring (bicyclic) bond motifs is 1. The van der Waals surface area contributed by atoms with Gasteiger partial charge in [-0.3, -0.25) is 14.3 Å². The maximum absolute atomic E-state index is 12.2. The highest BCUT2D eigenvalue weighted by Gasteiger charge is 2.10. The fourth-order valence-electron chi connectivity index (χ4n) is 2.66. The molecule has 0 bridgehead atoms. The molecule has 8 heteroatoms. The number of hydrogen-bond donors (Lipinski definition) is 1. The lowest BCUT2D eigenvalue weighted by Crippen LogP contribution is -2.17. The minimum atomic E-state index is -0.147. The van der Waals surface area contributed by atoms with E-state index in [1.807, 2.05) is 18.2 Å². The Bertz CT molecular complexity index is 950. The van der Waals surface area contributed by atoms with Crippen LogP contribution in [0, 0.1) is 0 Å². The first-order valence-electron chi connectivity index (χ1n) is 8.74. The Labute approximate surface area is 155 Å². The molecule has 1 N–H and O–H groups in total. The van der Waals surface area contributed by atoms with Crippen LogP contribution < -0.4 is 10.7 Å². The van der Waals surface area contributed by atoms with Gasteiger partial charge in [-0.05, 0) is 18.6 Å². The maximum Gasteiger partial charge on any atom is 0.228 e. The summed E-state index contributed by atoms with van der Waals surface area (Å²) >= 11 is 1.42. The summed E-state index contributed by atoms with van der Waals surface area (Å²) in [7, 11) is 0. The third-order valence-corrected chi connectivity index (χ3v) is 4.92. The van der Waals surface area contributed by atoms with Gasteiger partial charge in [-0.15, -0.1) is 10.2 Å². The van der Waals surface area contributed by atoms with E-state index in [-0.39, 0.29) is 17.8 Å². The molecule has 0 saturated heterocycles. The number of aromatic nitrogens is 4. The van der Waals surface area contributed by atoms with Crippen LogP contribution in [-0.4, -0.2) is 25.9 Å². The number of carbonyl (C=O) groups excluding carboxylic acids is 1. The Balaban J connectivity index is 1.58. The van der Waals surface area contributed by atoms with E-state index in [4.69, 9.17) is 0 Å². The lowest BCUT2D eigenvalue weighted by molar-refractivity contribution is -0.116. The van der Waals surface area contributed by atoms with Crippen molar-refractivity contribution in [3.8, 4) is 0 Å². The molecular weight excluding hydrogens is 350 g/mol. The summed E-state index contributed by atoms with van der Waals surface area (Å²) in [4.78, 5) is 24.0. The first-order valence-corrected chi connectivity index (χ1v) is 9.56. The molecule has 0 fully saturated rings. The standard InChI is InChI=1S/C18H21N5O2S/c1-2-3-4-9-17-21-22-18(26-17)20-16(25)10-11-23-14-8-6-5-7-13(14)15(24)12-19-23/h5-8,12H,2-4,9-11H2,1H3,(H,20,22,25). The summed E-state index contributed by atoms with van der Waals surface area (Å²) < 4.78 is 1.67. The van der Waals surface area contributed by atoms with Crippen molar-refractivity contribution >= 4 is 33.3 Å². The van der Waals surface area contributed by atoms with Gasteiger partial charge in [0.1, 0.15) is 5.01 Å². The number of aryl methyl sites for hydroxylation is 2. The smallest absolute Gasteiger partial charge is 0.228 e. The van der Waals surface area contributed by atoms with Crippen molar-refractivity contribution < 1.29 is 4.79 Å². The molecular formula is C18H21N5O2S. The maximum atomic E-state index is 12.2. The Morgan fingerprint density at radius 2 is 2.08 bits per heavy atom. The highest BCUT2D eigenvalue weighted by atomic mass is 32.1. The van der Waals surface area contributed by atoms with Crippen molar-refractivity contribution in [3.05, 3.63) is 45.7 Å². The van der Waals surface area contributed by atoms with E-state index in [9.17, 15) is 9.59 Å². The van der Waals surface area contributed by atoms with Crippen molar-refractivity contribution in [3.63, 3.8) is 0 Å². The van der Waals surface area contributed by atoms with E-state index in [1.54, 1.807) is 10.7 Å². The monoisotopic (exact) mass is 371 g/mol. The zero-order valence-electron chi connectivity index (χ0n) is 14.6. The second-order valence-corrected chi connectivity index (χ2v) is 7.07. The van der Waals surface area contributed by atoms with E-state index in [0.717, 1.165) is 29.8 Å². The topological polar surface area (TPSA) is 89.8 Å². The van der Waals surface area contributed by atoms with E-state index in [2.05, 4.69) is 27.5 Å². The quantitative estimate of drug-likeness (QED) is 0.615. The van der Waals surface area contributed by atoms with E-state index < -0.39 is 0 Å². The molecule has 26 heavy (non-hydrogen) atoms. The fourth-order valence-corrected chi connectivity index (χ4v) is 3.46. The van der Waals surface area contributed by atoms with Gasteiger partial charge in [0.25, 0.3) is 0 Å². The summed E-state index contributed by atoms with van der Waals surface area (Å²) in [5, 5.41) is 17.1. The molecule has 0 saturated carbocycles. The van der Waals surface area contributed by atoms with Gasteiger partial charge in [-0.25, -0.2) is 0 Å². The average molecular weight is 371 g/mol. The Morgan fingerprint density at radius 3 is 2.92 bits per heavy atom. The molecule has 3 rings (SSSR count). The van der Waals surface area contributed by atoms with Gasteiger partial charge in [0.15, 0.2) is 0 Å². The molecule has 2 aromatic heterocycles. The van der Waals surface area contributed by atoms with E-state index >= 15 is 0 Å². The van der Waals surface area contributed by atoms with Crippen LogP contribution in [-0.2, 0) is 17.8 Å². The number of rotatable bonds is 8. The van der Waals surface area contributed by atoms with Crippen molar-refractivity contribution in [2.24, 2.45) is 0 Å². The molecule has 1 amide bonds. The normalized spacial score (nSPS) is 11.0. The predicted molar refractivity (Wildman–Crippen MR) is 102 cm³/mol. The molecule has 1 aromatic carbocycles.